The zero-order valence-electron chi connectivity index (χ0n) is 7.10. The second-order valence-electron chi connectivity index (χ2n) is 2.84. The smallest absolute Gasteiger partial charge is 0.116 e. The number of ether oxygens (including phenoxy) is 1. The van der Waals surface area contributed by atoms with Crippen molar-refractivity contribution >= 4 is 10.9 Å². The third-order valence-corrected chi connectivity index (χ3v) is 1.92. The van der Waals surface area contributed by atoms with Crippen LogP contribution in [0.15, 0.2) is 36.5 Å². The van der Waals surface area contributed by atoms with Crippen molar-refractivity contribution < 1.29 is 4.74 Å². The van der Waals surface area contributed by atoms with E-state index >= 15 is 0 Å². The Morgan fingerprint density at radius 2 is 2.23 bits per heavy atom. The van der Waals surface area contributed by atoms with Gasteiger partial charge in [-0.05, 0) is 23.8 Å². The molecule has 2 nitrogen and oxygen atoms in total. The van der Waals surface area contributed by atoms with E-state index in [1.54, 1.807) is 6.20 Å². The van der Waals surface area contributed by atoms with Crippen molar-refractivity contribution in [3.8, 4) is 0 Å². The van der Waals surface area contributed by atoms with Crippen LogP contribution in [0.3, 0.4) is 0 Å². The maximum absolute atomic E-state index is 4.99. The summed E-state index contributed by atoms with van der Waals surface area (Å²) in [6, 6.07) is 9.87. The molecule has 1 aromatic carbocycles. The SMILES string of the molecule is [CH]OCc1ccc2ncccc2c1. The van der Waals surface area contributed by atoms with Crippen molar-refractivity contribution in [3.05, 3.63) is 49.2 Å². The normalized spacial score (nSPS) is 10.5. The summed E-state index contributed by atoms with van der Waals surface area (Å²) in [4.78, 5) is 4.21. The van der Waals surface area contributed by atoms with E-state index in [4.69, 9.17) is 7.11 Å². The van der Waals surface area contributed by atoms with Gasteiger partial charge in [0.1, 0.15) is 7.11 Å². The molecule has 0 saturated carbocycles. The molecule has 0 saturated heterocycles. The molecule has 2 aromatic rings. The van der Waals surface area contributed by atoms with E-state index in [2.05, 4.69) is 9.72 Å². The number of pyridine rings is 1. The lowest BCUT2D eigenvalue weighted by molar-refractivity contribution is 0.229. The van der Waals surface area contributed by atoms with Crippen molar-refractivity contribution in [2.45, 2.75) is 6.61 Å². The summed E-state index contributed by atoms with van der Waals surface area (Å²) < 4.78 is 4.56. The monoisotopic (exact) mass is 171 g/mol. The molecule has 2 radical (unpaired) electrons. The molecule has 0 amide bonds. The Labute approximate surface area is 77.2 Å². The molecule has 2 rings (SSSR count). The van der Waals surface area contributed by atoms with E-state index in [0.29, 0.717) is 6.61 Å². The molecule has 0 aliphatic heterocycles. The number of rotatable bonds is 2. The largest absolute Gasteiger partial charge is 0.368 e. The molecular formula is C11H9NO. The number of hydrogen-bond donors (Lipinski definition) is 0. The van der Waals surface area contributed by atoms with Gasteiger partial charge in [-0.15, -0.1) is 0 Å². The quantitative estimate of drug-likeness (QED) is 0.692. The van der Waals surface area contributed by atoms with Crippen LogP contribution in [0.5, 0.6) is 0 Å². The summed E-state index contributed by atoms with van der Waals surface area (Å²) in [7, 11) is 4.99. The average Bonchev–Trinajstić information content (AvgIpc) is 2.18. The first-order chi connectivity index (χ1) is 6.40. The molecule has 64 valence electrons. The van der Waals surface area contributed by atoms with Gasteiger partial charge in [0.2, 0.25) is 0 Å². The van der Waals surface area contributed by atoms with Crippen LogP contribution in [0.25, 0.3) is 10.9 Å². The molecule has 0 atom stereocenters. The first-order valence-corrected chi connectivity index (χ1v) is 4.05. The zero-order valence-corrected chi connectivity index (χ0v) is 7.10. The third kappa shape index (κ3) is 1.68. The van der Waals surface area contributed by atoms with Crippen molar-refractivity contribution in [2.75, 3.05) is 0 Å². The van der Waals surface area contributed by atoms with E-state index in [0.717, 1.165) is 16.5 Å². The summed E-state index contributed by atoms with van der Waals surface area (Å²) in [5, 5.41) is 1.11. The lowest BCUT2D eigenvalue weighted by Gasteiger charge is -2.00. The van der Waals surface area contributed by atoms with Crippen LogP contribution < -0.4 is 0 Å². The predicted octanol–water partition coefficient (Wildman–Crippen LogP) is 2.42. The highest BCUT2D eigenvalue weighted by molar-refractivity contribution is 5.78. The average molecular weight is 171 g/mol. The maximum atomic E-state index is 4.99. The van der Waals surface area contributed by atoms with E-state index in [1.165, 1.54) is 0 Å². The lowest BCUT2D eigenvalue weighted by atomic mass is 10.1. The van der Waals surface area contributed by atoms with E-state index in [9.17, 15) is 0 Å². The fourth-order valence-corrected chi connectivity index (χ4v) is 1.31. The van der Waals surface area contributed by atoms with E-state index < -0.39 is 0 Å². The highest BCUT2D eigenvalue weighted by atomic mass is 16.5. The lowest BCUT2D eigenvalue weighted by Crippen LogP contribution is -1.86. The molecule has 1 heterocycles. The molecule has 0 N–H and O–H groups in total. The Morgan fingerprint density at radius 3 is 3.08 bits per heavy atom. The van der Waals surface area contributed by atoms with Gasteiger partial charge in [0.15, 0.2) is 0 Å². The number of nitrogens with zero attached hydrogens (tertiary/aromatic N) is 1. The van der Waals surface area contributed by atoms with Crippen molar-refractivity contribution in [2.24, 2.45) is 0 Å². The summed E-state index contributed by atoms with van der Waals surface area (Å²) in [5.41, 5.74) is 2.05. The Balaban J connectivity index is 2.49. The standard InChI is InChI=1S/C11H9NO/c1-13-8-9-4-5-11-10(7-9)3-2-6-12-11/h1-7H,8H2. The molecule has 2 heteroatoms. The first-order valence-electron chi connectivity index (χ1n) is 4.05. The second-order valence-corrected chi connectivity index (χ2v) is 2.84. The molecule has 0 unspecified atom stereocenters. The summed E-state index contributed by atoms with van der Waals surface area (Å²) >= 11 is 0. The van der Waals surface area contributed by atoms with Gasteiger partial charge in [-0.2, -0.15) is 0 Å². The highest BCUT2D eigenvalue weighted by Crippen LogP contribution is 2.13. The first kappa shape index (κ1) is 8.20. The molecule has 0 aliphatic carbocycles. The highest BCUT2D eigenvalue weighted by Gasteiger charge is 1.95. The van der Waals surface area contributed by atoms with Crippen LogP contribution >= 0.6 is 0 Å². The van der Waals surface area contributed by atoms with Crippen molar-refractivity contribution in [3.63, 3.8) is 0 Å². The van der Waals surface area contributed by atoms with Gasteiger partial charge in [0.05, 0.1) is 12.1 Å². The van der Waals surface area contributed by atoms with Gasteiger partial charge in [-0.1, -0.05) is 12.1 Å². The Morgan fingerprint density at radius 1 is 1.31 bits per heavy atom. The predicted molar refractivity (Wildman–Crippen MR) is 50.8 cm³/mol. The Bertz CT molecular complexity index is 412. The minimum atomic E-state index is 0.435. The molecule has 0 fully saturated rings. The summed E-state index contributed by atoms with van der Waals surface area (Å²) in [5.74, 6) is 0. The van der Waals surface area contributed by atoms with Gasteiger partial charge >= 0.3 is 0 Å². The Hall–Kier alpha value is -1.41. The van der Waals surface area contributed by atoms with Gasteiger partial charge in [0, 0.05) is 11.6 Å². The summed E-state index contributed by atoms with van der Waals surface area (Å²) in [6.45, 7) is 0.435. The third-order valence-electron chi connectivity index (χ3n) is 1.92. The van der Waals surface area contributed by atoms with Crippen molar-refractivity contribution in [1.82, 2.24) is 4.98 Å². The van der Waals surface area contributed by atoms with Crippen LogP contribution in [-0.2, 0) is 11.3 Å². The fourth-order valence-electron chi connectivity index (χ4n) is 1.31. The van der Waals surface area contributed by atoms with Crippen LogP contribution in [-0.4, -0.2) is 4.98 Å². The maximum Gasteiger partial charge on any atom is 0.116 e. The topological polar surface area (TPSA) is 22.1 Å². The fraction of sp³-hybridized carbons (Fsp3) is 0.0909. The number of fused-ring (bicyclic) bond motifs is 1. The van der Waals surface area contributed by atoms with Crippen LogP contribution in [0.4, 0.5) is 0 Å². The van der Waals surface area contributed by atoms with Crippen LogP contribution in [0, 0.1) is 7.11 Å². The molecular weight excluding hydrogens is 162 g/mol. The molecule has 0 spiro atoms. The van der Waals surface area contributed by atoms with Crippen LogP contribution in [0.2, 0.25) is 0 Å². The minimum absolute atomic E-state index is 0.435. The summed E-state index contributed by atoms with van der Waals surface area (Å²) in [6.07, 6.45) is 1.78. The Kier molecular flexibility index (Phi) is 2.23. The molecule has 13 heavy (non-hydrogen) atoms. The zero-order chi connectivity index (χ0) is 9.10. The number of aromatic nitrogens is 1. The molecule has 0 bridgehead atoms. The number of benzene rings is 1. The van der Waals surface area contributed by atoms with Gasteiger partial charge in [0.25, 0.3) is 0 Å². The minimum Gasteiger partial charge on any atom is -0.368 e. The van der Waals surface area contributed by atoms with E-state index in [-0.39, 0.29) is 0 Å². The molecule has 1 aromatic heterocycles. The van der Waals surface area contributed by atoms with Crippen LogP contribution in [0.1, 0.15) is 5.56 Å². The van der Waals surface area contributed by atoms with Crippen molar-refractivity contribution in [1.29, 1.82) is 0 Å². The second kappa shape index (κ2) is 3.54. The van der Waals surface area contributed by atoms with Gasteiger partial charge < -0.3 is 4.74 Å². The molecule has 0 aliphatic rings. The van der Waals surface area contributed by atoms with Gasteiger partial charge in [-0.3, -0.25) is 4.98 Å². The van der Waals surface area contributed by atoms with E-state index in [1.807, 2.05) is 30.3 Å². The number of hydrogen-bond acceptors (Lipinski definition) is 2. The van der Waals surface area contributed by atoms with Gasteiger partial charge in [-0.25, -0.2) is 0 Å².